The molecule has 1 N–H and O–H groups in total. The second kappa shape index (κ2) is 4.85. The summed E-state index contributed by atoms with van der Waals surface area (Å²) in [6, 6.07) is 9.39. The zero-order valence-electron chi connectivity index (χ0n) is 11.0. The Morgan fingerprint density at radius 1 is 1.32 bits per heavy atom. The highest BCUT2D eigenvalue weighted by Crippen LogP contribution is 2.23. The van der Waals surface area contributed by atoms with Crippen LogP contribution in [0.3, 0.4) is 0 Å². The van der Waals surface area contributed by atoms with Crippen LogP contribution in [0.2, 0.25) is 0 Å². The van der Waals surface area contributed by atoms with Gasteiger partial charge < -0.3 is 15.0 Å². The summed E-state index contributed by atoms with van der Waals surface area (Å²) < 4.78 is 5.32. The molecule has 1 aromatic rings. The van der Waals surface area contributed by atoms with Crippen LogP contribution in [0.1, 0.15) is 5.56 Å². The molecule has 2 rings (SSSR count). The Hall–Kier alpha value is -2.14. The van der Waals surface area contributed by atoms with Crippen LogP contribution in [0.5, 0.6) is 0 Å². The zero-order chi connectivity index (χ0) is 14.0. The number of methoxy groups -OCH3 is 1. The van der Waals surface area contributed by atoms with Crippen molar-refractivity contribution in [1.29, 1.82) is 0 Å². The molecule has 0 saturated carbocycles. The smallest absolute Gasteiger partial charge is 0.280 e. The SMILES string of the molecule is C=C1C(=O)NC(Cc2ccccc2)(OC)C(=O)N1C. The Balaban J connectivity index is 2.34. The van der Waals surface area contributed by atoms with Gasteiger partial charge in [-0.15, -0.1) is 0 Å². The van der Waals surface area contributed by atoms with Crippen LogP contribution in [0.4, 0.5) is 0 Å². The van der Waals surface area contributed by atoms with Crippen LogP contribution in [0.25, 0.3) is 0 Å². The molecule has 5 heteroatoms. The van der Waals surface area contributed by atoms with Gasteiger partial charge in [0.2, 0.25) is 5.72 Å². The Bertz CT molecular complexity index is 527. The summed E-state index contributed by atoms with van der Waals surface area (Å²) in [6.45, 7) is 3.57. The van der Waals surface area contributed by atoms with E-state index in [4.69, 9.17) is 4.74 Å². The van der Waals surface area contributed by atoms with Gasteiger partial charge in [0.15, 0.2) is 0 Å². The highest BCUT2D eigenvalue weighted by atomic mass is 16.5. The molecule has 0 spiro atoms. The van der Waals surface area contributed by atoms with Crippen LogP contribution in [0, 0.1) is 0 Å². The highest BCUT2D eigenvalue weighted by Gasteiger charge is 2.47. The molecule has 1 saturated heterocycles. The van der Waals surface area contributed by atoms with Gasteiger partial charge in [-0.05, 0) is 5.56 Å². The molecule has 0 aromatic heterocycles. The number of amides is 2. The maximum Gasteiger partial charge on any atom is 0.280 e. The van der Waals surface area contributed by atoms with E-state index in [1.807, 2.05) is 30.3 Å². The summed E-state index contributed by atoms with van der Waals surface area (Å²) in [5.41, 5.74) is -0.348. The van der Waals surface area contributed by atoms with E-state index in [0.717, 1.165) is 5.56 Å². The van der Waals surface area contributed by atoms with Crippen LogP contribution in [-0.4, -0.2) is 36.6 Å². The number of carbonyl (C=O) groups is 2. The predicted molar refractivity (Wildman–Crippen MR) is 69.9 cm³/mol. The summed E-state index contributed by atoms with van der Waals surface area (Å²) in [6.07, 6.45) is 0.270. The van der Waals surface area contributed by atoms with Gasteiger partial charge in [0.05, 0.1) is 0 Å². The van der Waals surface area contributed by atoms with Crippen molar-refractivity contribution < 1.29 is 14.3 Å². The normalized spacial score (nSPS) is 23.5. The molecule has 1 atom stereocenters. The van der Waals surface area contributed by atoms with E-state index >= 15 is 0 Å². The minimum atomic E-state index is -1.37. The lowest BCUT2D eigenvalue weighted by Gasteiger charge is -2.40. The number of piperazine rings is 1. The average Bonchev–Trinajstić information content (AvgIpc) is 2.43. The fourth-order valence-corrected chi connectivity index (χ4v) is 2.07. The highest BCUT2D eigenvalue weighted by molar-refractivity contribution is 6.05. The lowest BCUT2D eigenvalue weighted by molar-refractivity contribution is -0.166. The molecule has 0 aliphatic carbocycles. The third-order valence-electron chi connectivity index (χ3n) is 3.28. The Kier molecular flexibility index (Phi) is 3.40. The molecular weight excluding hydrogens is 244 g/mol. The first-order valence-corrected chi connectivity index (χ1v) is 5.89. The van der Waals surface area contributed by atoms with Crippen molar-refractivity contribution >= 4 is 11.8 Å². The minimum absolute atomic E-state index is 0.116. The average molecular weight is 260 g/mol. The largest absolute Gasteiger partial charge is 0.350 e. The summed E-state index contributed by atoms with van der Waals surface area (Å²) in [5.74, 6) is -0.733. The summed E-state index contributed by atoms with van der Waals surface area (Å²) >= 11 is 0. The number of benzene rings is 1. The molecule has 0 radical (unpaired) electrons. The summed E-state index contributed by atoms with van der Waals surface area (Å²) in [7, 11) is 2.92. The third kappa shape index (κ3) is 2.24. The van der Waals surface area contributed by atoms with Crippen molar-refractivity contribution in [3.05, 3.63) is 48.2 Å². The first-order valence-electron chi connectivity index (χ1n) is 5.89. The van der Waals surface area contributed by atoms with Crippen LogP contribution < -0.4 is 5.32 Å². The minimum Gasteiger partial charge on any atom is -0.350 e. The van der Waals surface area contributed by atoms with Crippen LogP contribution >= 0.6 is 0 Å². The van der Waals surface area contributed by atoms with Gasteiger partial charge in [-0.3, -0.25) is 9.59 Å². The fourth-order valence-electron chi connectivity index (χ4n) is 2.07. The number of hydrogen-bond acceptors (Lipinski definition) is 3. The van der Waals surface area contributed by atoms with Gasteiger partial charge in [-0.1, -0.05) is 36.9 Å². The summed E-state index contributed by atoms with van der Waals surface area (Å²) in [5, 5.41) is 2.61. The van der Waals surface area contributed by atoms with Gasteiger partial charge in [0.1, 0.15) is 5.70 Å². The number of nitrogens with one attached hydrogen (secondary N) is 1. The van der Waals surface area contributed by atoms with E-state index in [-0.39, 0.29) is 18.0 Å². The molecule has 5 nitrogen and oxygen atoms in total. The van der Waals surface area contributed by atoms with Crippen molar-refractivity contribution in [3.63, 3.8) is 0 Å². The van der Waals surface area contributed by atoms with Gasteiger partial charge in [0, 0.05) is 20.6 Å². The van der Waals surface area contributed by atoms with Crippen molar-refractivity contribution in [1.82, 2.24) is 10.2 Å². The fraction of sp³-hybridized carbons (Fsp3) is 0.286. The van der Waals surface area contributed by atoms with E-state index < -0.39 is 11.6 Å². The van der Waals surface area contributed by atoms with Gasteiger partial charge >= 0.3 is 0 Å². The molecule has 2 amide bonds. The molecule has 1 unspecified atom stereocenters. The molecular formula is C14H16N2O3. The van der Waals surface area contributed by atoms with Gasteiger partial charge in [-0.25, -0.2) is 0 Å². The Morgan fingerprint density at radius 3 is 2.53 bits per heavy atom. The Morgan fingerprint density at radius 2 is 1.95 bits per heavy atom. The van der Waals surface area contributed by atoms with E-state index in [1.54, 1.807) is 0 Å². The molecule has 100 valence electrons. The van der Waals surface area contributed by atoms with Gasteiger partial charge in [0.25, 0.3) is 11.8 Å². The quantitative estimate of drug-likeness (QED) is 0.813. The molecule has 1 aliphatic heterocycles. The topological polar surface area (TPSA) is 58.6 Å². The zero-order valence-corrected chi connectivity index (χ0v) is 11.0. The van der Waals surface area contributed by atoms with Gasteiger partial charge in [-0.2, -0.15) is 0 Å². The van der Waals surface area contributed by atoms with E-state index in [0.29, 0.717) is 0 Å². The number of likely N-dealkylation sites (N-methyl/N-ethyl adjacent to an activating group) is 1. The van der Waals surface area contributed by atoms with Crippen LogP contribution in [-0.2, 0) is 20.7 Å². The number of carbonyl (C=O) groups excluding carboxylic acids is 2. The standard InChI is InChI=1S/C14H16N2O3/c1-10-12(17)15-14(19-3,13(18)16(10)2)9-11-7-5-4-6-8-11/h4-8H,1,9H2,2-3H3,(H,15,17). The molecule has 1 aliphatic rings. The van der Waals surface area contributed by atoms with E-state index in [2.05, 4.69) is 11.9 Å². The predicted octanol–water partition coefficient (Wildman–Crippen LogP) is 0.674. The number of hydrogen-bond donors (Lipinski definition) is 1. The van der Waals surface area contributed by atoms with Crippen molar-refractivity contribution in [2.24, 2.45) is 0 Å². The molecule has 0 bridgehead atoms. The second-order valence-corrected chi connectivity index (χ2v) is 4.46. The molecule has 1 heterocycles. The molecule has 1 aromatic carbocycles. The van der Waals surface area contributed by atoms with Crippen molar-refractivity contribution in [2.75, 3.05) is 14.2 Å². The first-order chi connectivity index (χ1) is 9.00. The van der Waals surface area contributed by atoms with Crippen molar-refractivity contribution in [3.8, 4) is 0 Å². The third-order valence-corrected chi connectivity index (χ3v) is 3.28. The first kappa shape index (κ1) is 13.3. The summed E-state index contributed by atoms with van der Waals surface area (Å²) in [4.78, 5) is 25.4. The Labute approximate surface area is 111 Å². The van der Waals surface area contributed by atoms with E-state index in [9.17, 15) is 9.59 Å². The number of ether oxygens (including phenoxy) is 1. The lowest BCUT2D eigenvalue weighted by atomic mass is 9.98. The van der Waals surface area contributed by atoms with Crippen molar-refractivity contribution in [2.45, 2.75) is 12.1 Å². The number of rotatable bonds is 3. The second-order valence-electron chi connectivity index (χ2n) is 4.46. The maximum absolute atomic E-state index is 12.4. The monoisotopic (exact) mass is 260 g/mol. The number of nitrogens with zero attached hydrogens (tertiary/aromatic N) is 1. The maximum atomic E-state index is 12.4. The lowest BCUT2D eigenvalue weighted by Crippen LogP contribution is -2.66. The van der Waals surface area contributed by atoms with Crippen LogP contribution in [0.15, 0.2) is 42.6 Å². The van der Waals surface area contributed by atoms with E-state index in [1.165, 1.54) is 19.1 Å². The molecule has 19 heavy (non-hydrogen) atoms. The molecule has 1 fully saturated rings.